The van der Waals surface area contributed by atoms with E-state index in [0.717, 1.165) is 29.8 Å². The molecule has 0 radical (unpaired) electrons. The van der Waals surface area contributed by atoms with Crippen LogP contribution in [0.1, 0.15) is 25.7 Å². The monoisotopic (exact) mass is 409 g/mol. The molecule has 29 heavy (non-hydrogen) atoms. The highest BCUT2D eigenvalue weighted by atomic mass is 32.2. The molecular weight excluding hydrogens is 386 g/mol. The number of methoxy groups -OCH3 is 1. The van der Waals surface area contributed by atoms with Crippen LogP contribution in [0.3, 0.4) is 0 Å². The molecule has 4 rings (SSSR count). The van der Waals surface area contributed by atoms with Crippen molar-refractivity contribution in [2.75, 3.05) is 12.9 Å². The van der Waals surface area contributed by atoms with Gasteiger partial charge >= 0.3 is 0 Å². The van der Waals surface area contributed by atoms with Crippen molar-refractivity contribution in [2.24, 2.45) is 0 Å². The predicted octanol–water partition coefficient (Wildman–Crippen LogP) is 3.49. The average molecular weight is 410 g/mol. The van der Waals surface area contributed by atoms with E-state index in [1.54, 1.807) is 19.5 Å². The maximum Gasteiger partial charge on any atom is 0.230 e. The van der Waals surface area contributed by atoms with Gasteiger partial charge < -0.3 is 10.1 Å². The van der Waals surface area contributed by atoms with E-state index in [9.17, 15) is 4.79 Å². The van der Waals surface area contributed by atoms with Gasteiger partial charge in [-0.1, -0.05) is 30.7 Å². The molecule has 1 saturated carbocycles. The lowest BCUT2D eigenvalue weighted by molar-refractivity contribution is -0.119. The Labute approximate surface area is 173 Å². The van der Waals surface area contributed by atoms with Crippen molar-refractivity contribution in [3.05, 3.63) is 48.8 Å². The summed E-state index contributed by atoms with van der Waals surface area (Å²) in [5.74, 6) is 1.77. The molecule has 3 aromatic rings. The van der Waals surface area contributed by atoms with E-state index in [2.05, 4.69) is 20.5 Å². The van der Waals surface area contributed by atoms with E-state index in [-0.39, 0.29) is 5.91 Å². The third-order valence-corrected chi connectivity index (χ3v) is 5.86. The van der Waals surface area contributed by atoms with Gasteiger partial charge in [-0.15, -0.1) is 10.2 Å². The first-order valence-corrected chi connectivity index (χ1v) is 10.7. The third kappa shape index (κ3) is 4.59. The number of benzene rings is 1. The molecule has 1 aliphatic carbocycles. The van der Waals surface area contributed by atoms with Crippen LogP contribution in [0.2, 0.25) is 0 Å². The quantitative estimate of drug-likeness (QED) is 0.602. The summed E-state index contributed by atoms with van der Waals surface area (Å²) < 4.78 is 7.33. The molecular formula is C21H23N5O2S. The minimum atomic E-state index is 0.0348. The molecule has 1 amide bonds. The number of carbonyl (C=O) groups excluding carboxylic acids is 1. The molecule has 2 aromatic heterocycles. The minimum Gasteiger partial charge on any atom is -0.497 e. The molecule has 8 heteroatoms. The van der Waals surface area contributed by atoms with E-state index < -0.39 is 0 Å². The zero-order chi connectivity index (χ0) is 20.1. The number of hydrogen-bond acceptors (Lipinski definition) is 6. The molecule has 0 saturated heterocycles. The fraction of sp³-hybridized carbons (Fsp3) is 0.333. The van der Waals surface area contributed by atoms with Crippen LogP contribution >= 0.6 is 11.8 Å². The standard InChI is InChI=1S/C21H23N5O2S/c1-28-18-8-4-7-17(13-18)26-20(15-9-11-22-12-10-15)24-25-21(26)29-14-19(27)23-16-5-2-3-6-16/h4,7-13,16H,2-3,5-6,14H2,1H3,(H,23,27). The molecule has 2 heterocycles. The minimum absolute atomic E-state index is 0.0348. The highest BCUT2D eigenvalue weighted by molar-refractivity contribution is 7.99. The van der Waals surface area contributed by atoms with Gasteiger partial charge in [-0.2, -0.15) is 0 Å². The number of amides is 1. The van der Waals surface area contributed by atoms with Gasteiger partial charge in [0.15, 0.2) is 11.0 Å². The number of thioether (sulfide) groups is 1. The van der Waals surface area contributed by atoms with Crippen LogP contribution in [0, 0.1) is 0 Å². The van der Waals surface area contributed by atoms with Crippen molar-refractivity contribution in [1.82, 2.24) is 25.1 Å². The number of rotatable bonds is 7. The molecule has 0 bridgehead atoms. The summed E-state index contributed by atoms with van der Waals surface area (Å²) in [6.07, 6.45) is 7.98. The van der Waals surface area contributed by atoms with Gasteiger partial charge in [-0.25, -0.2) is 0 Å². The van der Waals surface area contributed by atoms with Gasteiger partial charge in [-0.3, -0.25) is 14.3 Å². The second-order valence-electron chi connectivity index (χ2n) is 6.92. The third-order valence-electron chi connectivity index (χ3n) is 4.94. The van der Waals surface area contributed by atoms with Gasteiger partial charge in [0.05, 0.1) is 18.6 Å². The fourth-order valence-electron chi connectivity index (χ4n) is 3.50. The molecule has 7 nitrogen and oxygen atoms in total. The SMILES string of the molecule is COc1cccc(-n2c(SCC(=O)NC3CCCC3)nnc2-c2ccncc2)c1. The summed E-state index contributed by atoms with van der Waals surface area (Å²) in [7, 11) is 1.64. The Morgan fingerprint density at radius 3 is 2.76 bits per heavy atom. The Hall–Kier alpha value is -2.87. The predicted molar refractivity (Wildman–Crippen MR) is 112 cm³/mol. The molecule has 0 atom stereocenters. The van der Waals surface area contributed by atoms with Crippen LogP contribution in [0.15, 0.2) is 53.9 Å². The van der Waals surface area contributed by atoms with Crippen LogP contribution in [0.25, 0.3) is 17.1 Å². The van der Waals surface area contributed by atoms with Crippen molar-refractivity contribution in [2.45, 2.75) is 36.9 Å². The first-order valence-electron chi connectivity index (χ1n) is 9.67. The second-order valence-corrected chi connectivity index (χ2v) is 7.86. The average Bonchev–Trinajstić information content (AvgIpc) is 3.42. The summed E-state index contributed by atoms with van der Waals surface area (Å²) in [5.41, 5.74) is 1.78. The van der Waals surface area contributed by atoms with Crippen molar-refractivity contribution in [3.63, 3.8) is 0 Å². The number of nitrogens with one attached hydrogen (secondary N) is 1. The summed E-state index contributed by atoms with van der Waals surface area (Å²) >= 11 is 1.38. The zero-order valence-corrected chi connectivity index (χ0v) is 17.1. The van der Waals surface area contributed by atoms with Gasteiger partial charge in [0.25, 0.3) is 0 Å². The largest absolute Gasteiger partial charge is 0.497 e. The maximum absolute atomic E-state index is 12.4. The second kappa shape index (κ2) is 9.09. The van der Waals surface area contributed by atoms with Crippen molar-refractivity contribution < 1.29 is 9.53 Å². The number of nitrogens with zero attached hydrogens (tertiary/aromatic N) is 4. The van der Waals surface area contributed by atoms with Crippen molar-refractivity contribution in [1.29, 1.82) is 0 Å². The molecule has 1 aromatic carbocycles. The number of carbonyl (C=O) groups is 1. The maximum atomic E-state index is 12.4. The smallest absolute Gasteiger partial charge is 0.230 e. The van der Waals surface area contributed by atoms with Crippen LogP contribution in [0.4, 0.5) is 0 Å². The topological polar surface area (TPSA) is 81.9 Å². The Morgan fingerprint density at radius 1 is 1.21 bits per heavy atom. The van der Waals surface area contributed by atoms with Gasteiger partial charge in [0, 0.05) is 30.1 Å². The molecule has 150 valence electrons. The number of ether oxygens (including phenoxy) is 1. The fourth-order valence-corrected chi connectivity index (χ4v) is 4.27. The first-order chi connectivity index (χ1) is 14.2. The molecule has 1 aliphatic rings. The van der Waals surface area contributed by atoms with Gasteiger partial charge in [-0.05, 0) is 37.1 Å². The number of pyridine rings is 1. The summed E-state index contributed by atoms with van der Waals surface area (Å²) in [5, 5.41) is 12.5. The van der Waals surface area contributed by atoms with Crippen molar-refractivity contribution in [3.8, 4) is 22.8 Å². The van der Waals surface area contributed by atoms with E-state index in [0.29, 0.717) is 22.8 Å². The normalized spacial score (nSPS) is 14.1. The molecule has 0 aliphatic heterocycles. The molecule has 1 N–H and O–H groups in total. The van der Waals surface area contributed by atoms with Crippen LogP contribution in [0.5, 0.6) is 5.75 Å². The Balaban J connectivity index is 1.61. The van der Waals surface area contributed by atoms with E-state index in [4.69, 9.17) is 4.74 Å². The van der Waals surface area contributed by atoms with E-state index >= 15 is 0 Å². The van der Waals surface area contributed by atoms with Crippen LogP contribution in [-0.4, -0.2) is 44.6 Å². The summed E-state index contributed by atoms with van der Waals surface area (Å²) in [6, 6.07) is 11.8. The van der Waals surface area contributed by atoms with Gasteiger partial charge in [0.2, 0.25) is 5.91 Å². The lowest BCUT2D eigenvalue weighted by atomic mass is 10.2. The lowest BCUT2D eigenvalue weighted by Gasteiger charge is -2.13. The Bertz CT molecular complexity index is 970. The molecule has 1 fully saturated rings. The van der Waals surface area contributed by atoms with Crippen LogP contribution in [-0.2, 0) is 4.79 Å². The summed E-state index contributed by atoms with van der Waals surface area (Å²) in [4.78, 5) is 16.5. The highest BCUT2D eigenvalue weighted by Gasteiger charge is 2.20. The first kappa shape index (κ1) is 19.4. The lowest BCUT2D eigenvalue weighted by Crippen LogP contribution is -2.33. The molecule has 0 unspecified atom stereocenters. The van der Waals surface area contributed by atoms with Crippen molar-refractivity contribution >= 4 is 17.7 Å². The summed E-state index contributed by atoms with van der Waals surface area (Å²) in [6.45, 7) is 0. The van der Waals surface area contributed by atoms with E-state index in [1.165, 1.54) is 24.6 Å². The number of aromatic nitrogens is 4. The number of hydrogen-bond donors (Lipinski definition) is 1. The Kier molecular flexibility index (Phi) is 6.09. The Morgan fingerprint density at radius 2 is 2.00 bits per heavy atom. The van der Waals surface area contributed by atoms with E-state index in [1.807, 2.05) is 41.0 Å². The van der Waals surface area contributed by atoms with Crippen LogP contribution < -0.4 is 10.1 Å². The zero-order valence-electron chi connectivity index (χ0n) is 16.2. The van der Waals surface area contributed by atoms with Gasteiger partial charge in [0.1, 0.15) is 5.75 Å². The molecule has 0 spiro atoms. The highest BCUT2D eigenvalue weighted by Crippen LogP contribution is 2.29.